The van der Waals surface area contributed by atoms with Crippen LogP contribution in [0.5, 0.6) is 5.75 Å². The number of rotatable bonds is 8. The number of methoxy groups -OCH3 is 1. The molecule has 4 aromatic rings. The molecule has 0 radical (unpaired) electrons. The SMILES string of the molecule is COc1ccc(CCNC(=O)COC(=O)c2ccccc2-c2nc3ccccc3s2)cc1. The maximum atomic E-state index is 12.7. The van der Waals surface area contributed by atoms with Crippen LogP contribution in [-0.2, 0) is 16.0 Å². The van der Waals surface area contributed by atoms with Crippen molar-refractivity contribution in [2.45, 2.75) is 6.42 Å². The van der Waals surface area contributed by atoms with Gasteiger partial charge in [-0.3, -0.25) is 4.79 Å². The second-order valence-corrected chi connectivity index (χ2v) is 8.09. The molecule has 6 nitrogen and oxygen atoms in total. The molecule has 0 aliphatic heterocycles. The number of nitrogens with one attached hydrogen (secondary N) is 1. The molecule has 7 heteroatoms. The lowest BCUT2D eigenvalue weighted by Gasteiger charge is -2.09. The zero-order chi connectivity index (χ0) is 22.3. The van der Waals surface area contributed by atoms with Crippen molar-refractivity contribution in [1.29, 1.82) is 0 Å². The minimum absolute atomic E-state index is 0.338. The molecule has 162 valence electrons. The zero-order valence-corrected chi connectivity index (χ0v) is 18.4. The maximum Gasteiger partial charge on any atom is 0.339 e. The molecule has 32 heavy (non-hydrogen) atoms. The number of fused-ring (bicyclic) bond motifs is 1. The summed E-state index contributed by atoms with van der Waals surface area (Å²) in [5, 5.41) is 3.51. The van der Waals surface area contributed by atoms with E-state index in [2.05, 4.69) is 10.3 Å². The zero-order valence-electron chi connectivity index (χ0n) is 17.5. The Morgan fingerprint density at radius 2 is 1.72 bits per heavy atom. The van der Waals surface area contributed by atoms with E-state index in [1.54, 1.807) is 19.2 Å². The molecule has 1 N–H and O–H groups in total. The van der Waals surface area contributed by atoms with Crippen LogP contribution in [0.15, 0.2) is 72.8 Å². The van der Waals surface area contributed by atoms with Gasteiger partial charge in [0.2, 0.25) is 0 Å². The second-order valence-electron chi connectivity index (χ2n) is 7.06. The monoisotopic (exact) mass is 446 g/mol. The minimum Gasteiger partial charge on any atom is -0.497 e. The quantitative estimate of drug-likeness (QED) is 0.404. The van der Waals surface area contributed by atoms with Crippen LogP contribution in [0.25, 0.3) is 20.8 Å². The van der Waals surface area contributed by atoms with Gasteiger partial charge in [0.05, 0.1) is 22.9 Å². The molecule has 0 fully saturated rings. The lowest BCUT2D eigenvalue weighted by atomic mass is 10.1. The van der Waals surface area contributed by atoms with Crippen molar-refractivity contribution < 1.29 is 19.1 Å². The van der Waals surface area contributed by atoms with Crippen LogP contribution in [-0.4, -0.2) is 37.1 Å². The highest BCUT2D eigenvalue weighted by Crippen LogP contribution is 2.32. The lowest BCUT2D eigenvalue weighted by molar-refractivity contribution is -0.124. The number of benzene rings is 3. The average molecular weight is 447 g/mol. The molecule has 1 aromatic heterocycles. The van der Waals surface area contributed by atoms with Crippen LogP contribution in [0.4, 0.5) is 0 Å². The Kier molecular flexibility index (Phi) is 6.77. The predicted octanol–water partition coefficient (Wildman–Crippen LogP) is 4.49. The van der Waals surface area contributed by atoms with Crippen LogP contribution < -0.4 is 10.1 Å². The van der Waals surface area contributed by atoms with Gasteiger partial charge in [-0.15, -0.1) is 11.3 Å². The van der Waals surface area contributed by atoms with Gasteiger partial charge >= 0.3 is 5.97 Å². The highest BCUT2D eigenvalue weighted by atomic mass is 32.1. The third-order valence-corrected chi connectivity index (χ3v) is 5.97. The number of carbonyl (C=O) groups excluding carboxylic acids is 2. The van der Waals surface area contributed by atoms with E-state index in [9.17, 15) is 9.59 Å². The standard InChI is InChI=1S/C25H22N2O4S/c1-30-18-12-10-17(11-13-18)14-15-26-23(28)16-31-25(29)20-7-3-2-6-19(20)24-27-21-8-4-5-9-22(21)32-24/h2-13H,14-16H2,1H3,(H,26,28). The molecule has 1 heterocycles. The molecule has 4 rings (SSSR count). The van der Waals surface area contributed by atoms with Crippen LogP contribution in [0.2, 0.25) is 0 Å². The number of aromatic nitrogens is 1. The first kappa shape index (κ1) is 21.5. The summed E-state index contributed by atoms with van der Waals surface area (Å²) in [6.45, 7) is 0.112. The average Bonchev–Trinajstić information content (AvgIpc) is 3.27. The number of para-hydroxylation sites is 1. The third-order valence-electron chi connectivity index (χ3n) is 4.90. The first-order valence-corrected chi connectivity index (χ1v) is 11.0. The summed E-state index contributed by atoms with van der Waals surface area (Å²) in [6.07, 6.45) is 0.671. The first-order chi connectivity index (χ1) is 15.6. The number of nitrogens with zero attached hydrogens (tertiary/aromatic N) is 1. The van der Waals surface area contributed by atoms with Gasteiger partial charge in [0.1, 0.15) is 10.8 Å². The van der Waals surface area contributed by atoms with E-state index >= 15 is 0 Å². The summed E-state index contributed by atoms with van der Waals surface area (Å²) < 4.78 is 11.4. The Morgan fingerprint density at radius 1 is 0.969 bits per heavy atom. The van der Waals surface area contributed by atoms with Crippen molar-refractivity contribution in [3.05, 3.63) is 83.9 Å². The van der Waals surface area contributed by atoms with Gasteiger partial charge in [-0.2, -0.15) is 0 Å². The van der Waals surface area contributed by atoms with E-state index < -0.39 is 5.97 Å². The molecule has 0 aliphatic carbocycles. The molecule has 1 amide bonds. The Bertz CT molecular complexity index is 1200. The molecule has 0 aliphatic rings. The van der Waals surface area contributed by atoms with Gasteiger partial charge in [-0.25, -0.2) is 9.78 Å². The van der Waals surface area contributed by atoms with Crippen molar-refractivity contribution in [3.8, 4) is 16.3 Å². The molecule has 0 saturated carbocycles. The fourth-order valence-electron chi connectivity index (χ4n) is 3.23. The number of esters is 1. The van der Waals surface area contributed by atoms with E-state index in [4.69, 9.17) is 9.47 Å². The van der Waals surface area contributed by atoms with Crippen molar-refractivity contribution in [1.82, 2.24) is 10.3 Å². The van der Waals surface area contributed by atoms with E-state index in [0.29, 0.717) is 24.1 Å². The number of amides is 1. The van der Waals surface area contributed by atoms with Crippen molar-refractivity contribution >= 4 is 33.4 Å². The number of ether oxygens (including phenoxy) is 2. The van der Waals surface area contributed by atoms with Gasteiger partial charge in [0.25, 0.3) is 5.91 Å². The van der Waals surface area contributed by atoms with E-state index in [1.807, 2.05) is 60.7 Å². The first-order valence-electron chi connectivity index (χ1n) is 10.2. The fraction of sp³-hybridized carbons (Fsp3) is 0.160. The number of thiazole rings is 1. The lowest BCUT2D eigenvalue weighted by Crippen LogP contribution is -2.30. The third kappa shape index (κ3) is 5.12. The van der Waals surface area contributed by atoms with E-state index in [0.717, 1.165) is 26.5 Å². The van der Waals surface area contributed by atoms with Gasteiger partial charge in [-0.05, 0) is 42.3 Å². The summed E-state index contributed by atoms with van der Waals surface area (Å²) >= 11 is 1.51. The van der Waals surface area contributed by atoms with Crippen LogP contribution in [0.1, 0.15) is 15.9 Å². The Morgan fingerprint density at radius 3 is 2.50 bits per heavy atom. The van der Waals surface area contributed by atoms with Crippen LogP contribution >= 0.6 is 11.3 Å². The Hall–Kier alpha value is -3.71. The molecule has 0 saturated heterocycles. The summed E-state index contributed by atoms with van der Waals surface area (Å²) in [6, 6.07) is 22.6. The van der Waals surface area contributed by atoms with Crippen LogP contribution in [0, 0.1) is 0 Å². The molecule has 0 atom stereocenters. The van der Waals surface area contributed by atoms with Crippen molar-refractivity contribution in [3.63, 3.8) is 0 Å². The number of hydrogen-bond acceptors (Lipinski definition) is 6. The van der Waals surface area contributed by atoms with Crippen LogP contribution in [0.3, 0.4) is 0 Å². The van der Waals surface area contributed by atoms with E-state index in [1.165, 1.54) is 11.3 Å². The second kappa shape index (κ2) is 10.1. The topological polar surface area (TPSA) is 77.5 Å². The van der Waals surface area contributed by atoms with Gasteiger partial charge < -0.3 is 14.8 Å². The largest absolute Gasteiger partial charge is 0.497 e. The van der Waals surface area contributed by atoms with Crippen molar-refractivity contribution in [2.24, 2.45) is 0 Å². The highest BCUT2D eigenvalue weighted by molar-refractivity contribution is 7.21. The molecular weight excluding hydrogens is 424 g/mol. The van der Waals surface area contributed by atoms with Crippen molar-refractivity contribution in [2.75, 3.05) is 20.3 Å². The van der Waals surface area contributed by atoms with Gasteiger partial charge in [0.15, 0.2) is 6.61 Å². The van der Waals surface area contributed by atoms with E-state index in [-0.39, 0.29) is 12.5 Å². The summed E-state index contributed by atoms with van der Waals surface area (Å²) in [4.78, 5) is 29.4. The smallest absolute Gasteiger partial charge is 0.339 e. The Balaban J connectivity index is 1.33. The summed E-state index contributed by atoms with van der Waals surface area (Å²) in [7, 11) is 1.62. The van der Waals surface area contributed by atoms with Gasteiger partial charge in [-0.1, -0.05) is 42.5 Å². The summed E-state index contributed by atoms with van der Waals surface area (Å²) in [5.41, 5.74) is 3.04. The molecular formula is C25H22N2O4S. The number of carbonyl (C=O) groups is 2. The maximum absolute atomic E-state index is 12.7. The molecule has 0 bridgehead atoms. The van der Waals surface area contributed by atoms with Gasteiger partial charge in [0, 0.05) is 12.1 Å². The fourth-order valence-corrected chi connectivity index (χ4v) is 4.24. The molecule has 0 unspecified atom stereocenters. The summed E-state index contributed by atoms with van der Waals surface area (Å²) in [5.74, 6) is -0.106. The number of hydrogen-bond donors (Lipinski definition) is 1. The highest BCUT2D eigenvalue weighted by Gasteiger charge is 2.17. The molecule has 0 spiro atoms. The molecule has 3 aromatic carbocycles. The normalized spacial score (nSPS) is 10.7. The predicted molar refractivity (Wildman–Crippen MR) is 125 cm³/mol. The Labute approximate surface area is 189 Å². The minimum atomic E-state index is -0.551.